The van der Waals surface area contributed by atoms with Crippen LogP contribution in [0.1, 0.15) is 20.3 Å². The quantitative estimate of drug-likeness (QED) is 0.658. The van der Waals surface area contributed by atoms with Crippen LogP contribution in [0.5, 0.6) is 0 Å². The molecule has 0 saturated carbocycles. The van der Waals surface area contributed by atoms with Crippen molar-refractivity contribution in [1.82, 2.24) is 9.80 Å². The van der Waals surface area contributed by atoms with Crippen molar-refractivity contribution in [2.75, 3.05) is 6.61 Å². The molecule has 2 heterocycles. The van der Waals surface area contributed by atoms with Crippen LogP contribution in [-0.2, 0) is 23.9 Å². The number of hydrogen-bond donors (Lipinski definition) is 0. The van der Waals surface area contributed by atoms with Gasteiger partial charge in [-0.1, -0.05) is 6.92 Å². The second kappa shape index (κ2) is 5.01. The lowest BCUT2D eigenvalue weighted by atomic mass is 10.3. The fourth-order valence-electron chi connectivity index (χ4n) is 2.14. The third-order valence-electron chi connectivity index (χ3n) is 3.03. The Hall–Kier alpha value is -2.28. The van der Waals surface area contributed by atoms with E-state index in [1.165, 1.54) is 6.92 Å². The molecule has 0 unspecified atom stereocenters. The predicted octanol–water partition coefficient (Wildman–Crippen LogP) is -0.0633. The van der Waals surface area contributed by atoms with Gasteiger partial charge >= 0.3 is 0 Å². The van der Waals surface area contributed by atoms with Crippen molar-refractivity contribution in [3.8, 4) is 0 Å². The zero-order chi connectivity index (χ0) is 14.9. The average Bonchev–Trinajstić information content (AvgIpc) is 2.90. The summed E-state index contributed by atoms with van der Waals surface area (Å²) in [6, 6.07) is 0. The molecule has 0 bridgehead atoms. The van der Waals surface area contributed by atoms with Gasteiger partial charge in [0.2, 0.25) is 5.85 Å². The molecular weight excluding hydrogens is 264 g/mol. The summed E-state index contributed by atoms with van der Waals surface area (Å²) in [4.78, 5) is 48.9. The Morgan fingerprint density at radius 2 is 1.25 bits per heavy atom. The highest BCUT2D eigenvalue weighted by Gasteiger charge is 2.51. The van der Waals surface area contributed by atoms with E-state index < -0.39 is 29.5 Å². The van der Waals surface area contributed by atoms with Crippen LogP contribution in [0.3, 0.4) is 0 Å². The van der Waals surface area contributed by atoms with Gasteiger partial charge in [0.15, 0.2) is 0 Å². The van der Waals surface area contributed by atoms with Crippen LogP contribution >= 0.6 is 0 Å². The van der Waals surface area contributed by atoms with Crippen molar-refractivity contribution in [2.24, 2.45) is 0 Å². The molecule has 0 aromatic heterocycles. The van der Waals surface area contributed by atoms with Gasteiger partial charge in [0, 0.05) is 31.2 Å². The molecule has 0 fully saturated rings. The first-order valence-corrected chi connectivity index (χ1v) is 6.18. The smallest absolute Gasteiger partial charge is 0.257 e. The molecule has 7 nitrogen and oxygen atoms in total. The van der Waals surface area contributed by atoms with Crippen LogP contribution < -0.4 is 0 Å². The monoisotopic (exact) mass is 278 g/mol. The molecule has 4 amide bonds. The van der Waals surface area contributed by atoms with Crippen molar-refractivity contribution in [3.05, 3.63) is 24.3 Å². The highest BCUT2D eigenvalue weighted by Crippen LogP contribution is 2.29. The summed E-state index contributed by atoms with van der Waals surface area (Å²) in [5.41, 5.74) is 0. The Bertz CT molecular complexity index is 471. The van der Waals surface area contributed by atoms with E-state index in [-0.39, 0.29) is 6.61 Å². The van der Waals surface area contributed by atoms with Gasteiger partial charge in [-0.15, -0.1) is 0 Å². The highest BCUT2D eigenvalue weighted by molar-refractivity contribution is 6.16. The zero-order valence-electron chi connectivity index (χ0n) is 11.2. The van der Waals surface area contributed by atoms with E-state index in [0.29, 0.717) is 6.42 Å². The van der Waals surface area contributed by atoms with Gasteiger partial charge in [-0.25, -0.2) is 9.80 Å². The van der Waals surface area contributed by atoms with Gasteiger partial charge in [-0.05, 0) is 6.42 Å². The molecule has 0 aromatic carbocycles. The molecule has 0 radical (unpaired) electrons. The number of ether oxygens (including phenoxy) is 1. The Kier molecular flexibility index (Phi) is 3.54. The molecule has 0 spiro atoms. The van der Waals surface area contributed by atoms with Crippen molar-refractivity contribution >= 4 is 23.6 Å². The maximum absolute atomic E-state index is 11.8. The first-order chi connectivity index (χ1) is 9.41. The Balaban J connectivity index is 2.40. The molecule has 2 rings (SSSR count). The molecule has 0 aromatic rings. The first kappa shape index (κ1) is 14.1. The third kappa shape index (κ3) is 2.05. The minimum Gasteiger partial charge on any atom is -0.337 e. The van der Waals surface area contributed by atoms with E-state index in [2.05, 4.69) is 0 Å². The van der Waals surface area contributed by atoms with E-state index in [4.69, 9.17) is 4.74 Å². The van der Waals surface area contributed by atoms with E-state index >= 15 is 0 Å². The van der Waals surface area contributed by atoms with Crippen molar-refractivity contribution < 1.29 is 23.9 Å². The molecule has 2 aliphatic rings. The predicted molar refractivity (Wildman–Crippen MR) is 66.6 cm³/mol. The number of carbonyl (C=O) groups is 4. The normalized spacial score (nSPS) is 18.9. The van der Waals surface area contributed by atoms with Crippen molar-refractivity contribution in [3.63, 3.8) is 0 Å². The van der Waals surface area contributed by atoms with Crippen LogP contribution in [0, 0.1) is 0 Å². The van der Waals surface area contributed by atoms with Gasteiger partial charge in [-0.2, -0.15) is 0 Å². The summed E-state index contributed by atoms with van der Waals surface area (Å²) in [6.45, 7) is 3.37. The molecule has 0 saturated heterocycles. The molecule has 0 aliphatic carbocycles. The lowest BCUT2D eigenvalue weighted by molar-refractivity contribution is -0.220. The second-order valence-electron chi connectivity index (χ2n) is 4.47. The number of rotatable bonds is 5. The van der Waals surface area contributed by atoms with Crippen LogP contribution in [-0.4, -0.2) is 45.9 Å². The molecule has 2 aliphatic heterocycles. The molecule has 106 valence electrons. The standard InChI is InChI=1S/C13H14N2O5/c1-3-8-20-13(2,14-9(16)4-5-10(14)17)15-11(18)6-7-12(15)19/h4-7H,3,8H2,1-2H3. The number of nitrogens with zero attached hydrogens (tertiary/aromatic N) is 2. The third-order valence-corrected chi connectivity index (χ3v) is 3.03. The van der Waals surface area contributed by atoms with E-state index in [1.807, 2.05) is 6.92 Å². The number of imide groups is 2. The number of hydrogen-bond acceptors (Lipinski definition) is 5. The molecule has 0 atom stereocenters. The van der Waals surface area contributed by atoms with E-state index in [0.717, 1.165) is 34.1 Å². The molecular formula is C13H14N2O5. The fourth-order valence-corrected chi connectivity index (χ4v) is 2.14. The first-order valence-electron chi connectivity index (χ1n) is 6.18. The summed E-state index contributed by atoms with van der Waals surface area (Å²) >= 11 is 0. The summed E-state index contributed by atoms with van der Waals surface area (Å²) in [7, 11) is 0. The fraction of sp³-hybridized carbons (Fsp3) is 0.385. The van der Waals surface area contributed by atoms with E-state index in [1.54, 1.807) is 0 Å². The molecule has 0 N–H and O–H groups in total. The number of amides is 4. The van der Waals surface area contributed by atoms with Gasteiger partial charge in [0.05, 0.1) is 6.61 Å². The van der Waals surface area contributed by atoms with Crippen molar-refractivity contribution in [2.45, 2.75) is 26.1 Å². The minimum absolute atomic E-state index is 0.185. The minimum atomic E-state index is -1.76. The summed E-state index contributed by atoms with van der Waals surface area (Å²) in [5, 5.41) is 0. The average molecular weight is 278 g/mol. The largest absolute Gasteiger partial charge is 0.337 e. The van der Waals surface area contributed by atoms with Crippen LogP contribution in [0.4, 0.5) is 0 Å². The SMILES string of the molecule is CCCOC(C)(N1C(=O)C=CC1=O)N1C(=O)C=CC1=O. The zero-order valence-corrected chi connectivity index (χ0v) is 11.2. The van der Waals surface area contributed by atoms with Crippen molar-refractivity contribution in [1.29, 1.82) is 0 Å². The lowest BCUT2D eigenvalue weighted by Crippen LogP contribution is -2.64. The molecule has 20 heavy (non-hydrogen) atoms. The molecule has 7 heteroatoms. The second-order valence-corrected chi connectivity index (χ2v) is 4.47. The Morgan fingerprint density at radius 3 is 1.55 bits per heavy atom. The maximum Gasteiger partial charge on any atom is 0.257 e. The maximum atomic E-state index is 11.8. The highest BCUT2D eigenvalue weighted by atomic mass is 16.5. The Morgan fingerprint density at radius 1 is 0.900 bits per heavy atom. The van der Waals surface area contributed by atoms with Crippen LogP contribution in [0.2, 0.25) is 0 Å². The van der Waals surface area contributed by atoms with Gasteiger partial charge in [0.1, 0.15) is 0 Å². The van der Waals surface area contributed by atoms with E-state index in [9.17, 15) is 19.2 Å². The van der Waals surface area contributed by atoms with Gasteiger partial charge in [0.25, 0.3) is 23.6 Å². The van der Waals surface area contributed by atoms with Gasteiger partial charge < -0.3 is 4.74 Å². The number of carbonyl (C=O) groups excluding carboxylic acids is 4. The summed E-state index contributed by atoms with van der Waals surface area (Å²) in [6.07, 6.45) is 4.91. The summed E-state index contributed by atoms with van der Waals surface area (Å²) in [5.74, 6) is -4.25. The summed E-state index contributed by atoms with van der Waals surface area (Å²) < 4.78 is 5.52. The topological polar surface area (TPSA) is 84.0 Å². The Labute approximate surface area is 115 Å². The van der Waals surface area contributed by atoms with Crippen LogP contribution in [0.25, 0.3) is 0 Å². The van der Waals surface area contributed by atoms with Gasteiger partial charge in [-0.3, -0.25) is 19.2 Å². The van der Waals surface area contributed by atoms with Crippen LogP contribution in [0.15, 0.2) is 24.3 Å². The lowest BCUT2D eigenvalue weighted by Gasteiger charge is -2.42.